The highest BCUT2D eigenvalue weighted by Crippen LogP contribution is 2.19. The number of hydrogen-bond acceptors (Lipinski definition) is 4. The molecule has 0 bridgehead atoms. The first-order valence-corrected chi connectivity index (χ1v) is 9.81. The summed E-state index contributed by atoms with van der Waals surface area (Å²) in [7, 11) is -3.70. The third-order valence-corrected chi connectivity index (χ3v) is 5.12. The molecule has 1 heterocycles. The molecule has 0 aliphatic rings. The van der Waals surface area contributed by atoms with Gasteiger partial charge in [-0.15, -0.1) is 0 Å². The van der Waals surface area contributed by atoms with E-state index >= 15 is 0 Å². The van der Waals surface area contributed by atoms with Crippen molar-refractivity contribution in [3.05, 3.63) is 71.9 Å². The highest BCUT2D eigenvalue weighted by Gasteiger charge is 2.12. The van der Waals surface area contributed by atoms with E-state index in [1.807, 2.05) is 42.5 Å². The van der Waals surface area contributed by atoms with E-state index in [4.69, 9.17) is 0 Å². The molecule has 0 saturated carbocycles. The minimum atomic E-state index is -3.70. The first kappa shape index (κ1) is 17.9. The predicted molar refractivity (Wildman–Crippen MR) is 102 cm³/mol. The van der Waals surface area contributed by atoms with E-state index in [-0.39, 0.29) is 4.90 Å². The lowest BCUT2D eigenvalue weighted by atomic mass is 10.1. The molecule has 0 spiro atoms. The Morgan fingerprint density at radius 1 is 1.12 bits per heavy atom. The molecule has 6 nitrogen and oxygen atoms in total. The largest absolute Gasteiger partial charge is 0.277 e. The van der Waals surface area contributed by atoms with Crippen LogP contribution < -0.4 is 4.83 Å². The lowest BCUT2D eigenvalue weighted by Crippen LogP contribution is -2.18. The van der Waals surface area contributed by atoms with Crippen molar-refractivity contribution in [3.8, 4) is 11.3 Å². The molecule has 3 aromatic rings. The zero-order valence-electron chi connectivity index (χ0n) is 14.4. The van der Waals surface area contributed by atoms with Gasteiger partial charge >= 0.3 is 0 Å². The maximum Gasteiger partial charge on any atom is 0.276 e. The summed E-state index contributed by atoms with van der Waals surface area (Å²) in [6.07, 6.45) is 4.98. The summed E-state index contributed by atoms with van der Waals surface area (Å²) in [6, 6.07) is 16.5. The first-order valence-electron chi connectivity index (χ1n) is 8.33. The molecule has 0 saturated heterocycles. The van der Waals surface area contributed by atoms with Crippen molar-refractivity contribution in [2.45, 2.75) is 24.7 Å². The molecular weight excluding hydrogens is 348 g/mol. The van der Waals surface area contributed by atoms with Crippen molar-refractivity contribution in [1.82, 2.24) is 15.0 Å². The monoisotopic (exact) mass is 368 g/mol. The Kier molecular flexibility index (Phi) is 5.48. The minimum absolute atomic E-state index is 0.185. The van der Waals surface area contributed by atoms with Gasteiger partial charge in [0.25, 0.3) is 10.0 Å². The Balaban J connectivity index is 1.73. The highest BCUT2D eigenvalue weighted by molar-refractivity contribution is 7.89. The molecule has 0 radical (unpaired) electrons. The zero-order valence-corrected chi connectivity index (χ0v) is 15.2. The van der Waals surface area contributed by atoms with Crippen LogP contribution in [-0.4, -0.2) is 24.8 Å². The summed E-state index contributed by atoms with van der Waals surface area (Å²) in [5.74, 6) is 0. The van der Waals surface area contributed by atoms with Gasteiger partial charge < -0.3 is 0 Å². The molecule has 2 N–H and O–H groups in total. The smallest absolute Gasteiger partial charge is 0.276 e. The van der Waals surface area contributed by atoms with Gasteiger partial charge in [0, 0.05) is 11.1 Å². The number of H-pyrrole nitrogens is 1. The Morgan fingerprint density at radius 2 is 1.85 bits per heavy atom. The van der Waals surface area contributed by atoms with Crippen molar-refractivity contribution in [3.63, 3.8) is 0 Å². The van der Waals surface area contributed by atoms with Crippen molar-refractivity contribution in [2.75, 3.05) is 0 Å². The van der Waals surface area contributed by atoms with Crippen molar-refractivity contribution >= 4 is 16.2 Å². The van der Waals surface area contributed by atoms with Gasteiger partial charge in [-0.05, 0) is 24.1 Å². The molecular formula is C19H20N4O2S. The quantitative estimate of drug-likeness (QED) is 0.495. The van der Waals surface area contributed by atoms with Crippen LogP contribution >= 0.6 is 0 Å². The summed E-state index contributed by atoms with van der Waals surface area (Å²) < 4.78 is 24.7. The van der Waals surface area contributed by atoms with Crippen LogP contribution in [0.3, 0.4) is 0 Å². The van der Waals surface area contributed by atoms with E-state index in [2.05, 4.69) is 27.1 Å². The second kappa shape index (κ2) is 7.97. The molecule has 1 aromatic heterocycles. The standard InChI is InChI=1S/C19H20N4O2S/c1-2-6-15-9-11-18(12-10-15)26(24,25)23-21-14-17-13-20-22-19(17)16-7-4-3-5-8-16/h3-5,7-14,23H,2,6H2,1H3,(H,20,22)/b21-14-. The Hall–Kier alpha value is -2.93. The number of nitrogens with zero attached hydrogens (tertiary/aromatic N) is 2. The van der Waals surface area contributed by atoms with Crippen LogP contribution in [0, 0.1) is 0 Å². The maximum absolute atomic E-state index is 12.3. The second-order valence-electron chi connectivity index (χ2n) is 5.81. The van der Waals surface area contributed by atoms with E-state index in [1.54, 1.807) is 18.3 Å². The third kappa shape index (κ3) is 4.18. The molecule has 0 unspecified atom stereocenters. The fraction of sp³-hybridized carbons (Fsp3) is 0.158. The topological polar surface area (TPSA) is 87.2 Å². The Labute approximate surface area is 153 Å². The van der Waals surface area contributed by atoms with Gasteiger partial charge in [-0.25, -0.2) is 4.83 Å². The number of nitrogens with one attached hydrogen (secondary N) is 2. The average molecular weight is 368 g/mol. The van der Waals surface area contributed by atoms with Crippen molar-refractivity contribution < 1.29 is 8.42 Å². The van der Waals surface area contributed by atoms with E-state index in [1.165, 1.54) is 6.21 Å². The number of aryl methyl sites for hydroxylation is 1. The van der Waals surface area contributed by atoms with Gasteiger partial charge in [-0.3, -0.25) is 5.10 Å². The zero-order chi connectivity index (χ0) is 18.4. The van der Waals surface area contributed by atoms with Gasteiger partial charge in [0.05, 0.1) is 23.0 Å². The van der Waals surface area contributed by atoms with Crippen LogP contribution in [0.25, 0.3) is 11.3 Å². The Bertz CT molecular complexity index is 978. The predicted octanol–water partition coefficient (Wildman–Crippen LogP) is 3.34. The van der Waals surface area contributed by atoms with Crippen LogP contribution in [0.5, 0.6) is 0 Å². The molecule has 3 rings (SSSR count). The second-order valence-corrected chi connectivity index (χ2v) is 7.47. The minimum Gasteiger partial charge on any atom is -0.277 e. The van der Waals surface area contributed by atoms with E-state index in [0.29, 0.717) is 5.56 Å². The number of hydrogen-bond donors (Lipinski definition) is 2. The molecule has 0 fully saturated rings. The average Bonchev–Trinajstić information content (AvgIpc) is 3.12. The normalized spacial score (nSPS) is 11.7. The number of benzene rings is 2. The Morgan fingerprint density at radius 3 is 2.54 bits per heavy atom. The van der Waals surface area contributed by atoms with Gasteiger partial charge in [0.2, 0.25) is 0 Å². The van der Waals surface area contributed by atoms with Gasteiger partial charge in [0.15, 0.2) is 0 Å². The van der Waals surface area contributed by atoms with E-state index in [9.17, 15) is 8.42 Å². The van der Waals surface area contributed by atoms with Crippen LogP contribution in [0.1, 0.15) is 24.5 Å². The van der Waals surface area contributed by atoms with Crippen LogP contribution in [0.15, 0.2) is 70.8 Å². The van der Waals surface area contributed by atoms with E-state index < -0.39 is 10.0 Å². The summed E-state index contributed by atoms with van der Waals surface area (Å²) in [4.78, 5) is 2.43. The van der Waals surface area contributed by atoms with Crippen LogP contribution in [0.4, 0.5) is 0 Å². The summed E-state index contributed by atoms with van der Waals surface area (Å²) >= 11 is 0. The highest BCUT2D eigenvalue weighted by atomic mass is 32.2. The van der Waals surface area contributed by atoms with Gasteiger partial charge in [0.1, 0.15) is 0 Å². The fourth-order valence-electron chi connectivity index (χ4n) is 2.57. The molecule has 7 heteroatoms. The van der Waals surface area contributed by atoms with Crippen LogP contribution in [0.2, 0.25) is 0 Å². The first-order chi connectivity index (χ1) is 12.6. The number of aromatic nitrogens is 2. The summed E-state index contributed by atoms with van der Waals surface area (Å²) in [5.41, 5.74) is 3.52. The molecule has 0 amide bonds. The lowest BCUT2D eigenvalue weighted by Gasteiger charge is -2.05. The van der Waals surface area contributed by atoms with E-state index in [0.717, 1.165) is 29.7 Å². The summed E-state index contributed by atoms with van der Waals surface area (Å²) in [5, 5.41) is 10.8. The number of hydrazone groups is 1. The van der Waals surface area contributed by atoms with Crippen molar-refractivity contribution in [2.24, 2.45) is 5.10 Å². The van der Waals surface area contributed by atoms with Crippen LogP contribution in [-0.2, 0) is 16.4 Å². The van der Waals surface area contributed by atoms with Crippen molar-refractivity contribution in [1.29, 1.82) is 0 Å². The molecule has 2 aromatic carbocycles. The fourth-order valence-corrected chi connectivity index (χ4v) is 3.36. The summed E-state index contributed by atoms with van der Waals surface area (Å²) in [6.45, 7) is 2.08. The van der Waals surface area contributed by atoms with Gasteiger partial charge in [-0.2, -0.15) is 18.6 Å². The maximum atomic E-state index is 12.3. The van der Waals surface area contributed by atoms with Gasteiger partial charge in [-0.1, -0.05) is 55.8 Å². The lowest BCUT2D eigenvalue weighted by molar-refractivity contribution is 0.584. The number of sulfonamides is 1. The molecule has 26 heavy (non-hydrogen) atoms. The molecule has 0 aliphatic heterocycles. The molecule has 0 atom stereocenters. The third-order valence-electron chi connectivity index (χ3n) is 3.88. The molecule has 0 aliphatic carbocycles. The SMILES string of the molecule is CCCc1ccc(S(=O)(=O)N/N=C\c2cn[nH]c2-c2ccccc2)cc1. The number of rotatable bonds is 7. The number of aromatic amines is 1. The molecule has 134 valence electrons.